The first-order valence-electron chi connectivity index (χ1n) is 10.6. The average molecular weight is 482 g/mol. The number of hydrogen-bond acceptors (Lipinski definition) is 6. The second kappa shape index (κ2) is 9.61. The Morgan fingerprint density at radius 1 is 1.09 bits per heavy atom. The zero-order valence-electron chi connectivity index (χ0n) is 19.3. The number of fused-ring (bicyclic) bond motifs is 1. The quantitative estimate of drug-likeness (QED) is 0.447. The van der Waals surface area contributed by atoms with Crippen molar-refractivity contribution in [3.8, 4) is 17.2 Å². The van der Waals surface area contributed by atoms with E-state index in [1.165, 1.54) is 18.2 Å². The van der Waals surface area contributed by atoms with Gasteiger partial charge in [0.15, 0.2) is 23.2 Å². The Kier molecular flexibility index (Phi) is 6.61. The van der Waals surface area contributed by atoms with Gasteiger partial charge >= 0.3 is 0 Å². The molecular formula is C25H24ClN3O5. The van der Waals surface area contributed by atoms with Gasteiger partial charge in [-0.2, -0.15) is 4.99 Å². The minimum absolute atomic E-state index is 0.0699. The van der Waals surface area contributed by atoms with E-state index in [4.69, 9.17) is 36.1 Å². The fourth-order valence-corrected chi connectivity index (χ4v) is 3.92. The summed E-state index contributed by atoms with van der Waals surface area (Å²) in [5.74, 6) is 1.71. The van der Waals surface area contributed by atoms with Crippen LogP contribution < -0.4 is 14.2 Å². The van der Waals surface area contributed by atoms with Crippen LogP contribution in [-0.2, 0) is 9.63 Å². The second-order valence-electron chi connectivity index (χ2n) is 7.88. The minimum atomic E-state index is -0.537. The van der Waals surface area contributed by atoms with Gasteiger partial charge in [0, 0.05) is 6.08 Å². The Morgan fingerprint density at radius 2 is 1.79 bits per heavy atom. The minimum Gasteiger partial charge on any atom is -0.493 e. The Morgan fingerprint density at radius 3 is 2.50 bits per heavy atom. The van der Waals surface area contributed by atoms with Crippen molar-refractivity contribution in [1.82, 2.24) is 5.06 Å². The summed E-state index contributed by atoms with van der Waals surface area (Å²) in [4.78, 5) is 21.9. The van der Waals surface area contributed by atoms with Crippen LogP contribution in [0.3, 0.4) is 0 Å². The van der Waals surface area contributed by atoms with Crippen LogP contribution in [0, 0.1) is 19.3 Å². The maximum Gasteiger partial charge on any atom is 0.282 e. The molecule has 1 amide bonds. The van der Waals surface area contributed by atoms with Gasteiger partial charge in [-0.1, -0.05) is 17.7 Å². The molecule has 2 aliphatic heterocycles. The van der Waals surface area contributed by atoms with Crippen LogP contribution in [0.5, 0.6) is 17.2 Å². The van der Waals surface area contributed by atoms with Gasteiger partial charge in [-0.15, -0.1) is 5.06 Å². The Balaban J connectivity index is 1.48. The zero-order chi connectivity index (χ0) is 24.4. The standard InChI is InChI=1S/C25H24ClN3O5/c1-14-7-15(2)9-18(8-14)32-5-6-33-23-20(26)12-17(13-21(23)31-4)11-19-24(27)29-22(28-25(19)30)10-16(3)34-29/h7-13,27H,5-6H2,1-4H3/b19-11+,27-24?. The van der Waals surface area contributed by atoms with Crippen molar-refractivity contribution in [2.24, 2.45) is 4.99 Å². The van der Waals surface area contributed by atoms with Gasteiger partial charge in [-0.05, 0) is 67.8 Å². The number of benzene rings is 2. The lowest BCUT2D eigenvalue weighted by Gasteiger charge is -2.23. The number of carbonyl (C=O) groups excluding carboxylic acids is 1. The van der Waals surface area contributed by atoms with E-state index in [-0.39, 0.29) is 23.9 Å². The van der Waals surface area contributed by atoms with Crippen LogP contribution in [0.15, 0.2) is 52.7 Å². The number of allylic oxidation sites excluding steroid dienone is 1. The number of nitrogens with zero attached hydrogens (tertiary/aromatic N) is 2. The van der Waals surface area contributed by atoms with Crippen molar-refractivity contribution < 1.29 is 23.8 Å². The molecule has 0 unspecified atom stereocenters. The number of nitrogens with one attached hydrogen (secondary N) is 1. The van der Waals surface area contributed by atoms with E-state index in [2.05, 4.69) is 11.1 Å². The molecule has 2 aromatic rings. The number of amidine groups is 2. The molecule has 0 saturated carbocycles. The Bertz CT molecular complexity index is 1250. The predicted octanol–water partition coefficient (Wildman–Crippen LogP) is 4.87. The Labute approximate surface area is 202 Å². The van der Waals surface area contributed by atoms with Crippen LogP contribution in [0.25, 0.3) is 6.08 Å². The summed E-state index contributed by atoms with van der Waals surface area (Å²) in [6, 6.07) is 9.31. The highest BCUT2D eigenvalue weighted by molar-refractivity contribution is 6.33. The van der Waals surface area contributed by atoms with Crippen LogP contribution in [-0.4, -0.2) is 43.0 Å². The first-order valence-corrected chi connectivity index (χ1v) is 10.9. The molecule has 0 bridgehead atoms. The molecule has 0 fully saturated rings. The van der Waals surface area contributed by atoms with Crippen molar-refractivity contribution >= 4 is 35.3 Å². The number of ether oxygens (including phenoxy) is 3. The average Bonchev–Trinajstić information content (AvgIpc) is 3.14. The maximum absolute atomic E-state index is 12.5. The topological polar surface area (TPSA) is 93.4 Å². The molecule has 2 aromatic carbocycles. The first kappa shape index (κ1) is 23.4. The highest BCUT2D eigenvalue weighted by atomic mass is 35.5. The van der Waals surface area contributed by atoms with Gasteiger partial charge < -0.3 is 19.0 Å². The zero-order valence-corrected chi connectivity index (χ0v) is 20.0. The SMILES string of the molecule is COc1cc(/C=C2\C(=N)N3OC(C)=CC3=NC2=O)cc(Cl)c1OCCOc1cc(C)cc(C)c1. The summed E-state index contributed by atoms with van der Waals surface area (Å²) in [6.45, 7) is 6.33. The van der Waals surface area contributed by atoms with E-state index in [0.717, 1.165) is 16.9 Å². The third kappa shape index (κ3) is 4.92. The lowest BCUT2D eigenvalue weighted by molar-refractivity contribution is -0.114. The number of hydroxylamine groups is 2. The molecule has 0 saturated heterocycles. The van der Waals surface area contributed by atoms with E-state index in [0.29, 0.717) is 34.5 Å². The van der Waals surface area contributed by atoms with Crippen molar-refractivity contribution in [2.75, 3.05) is 20.3 Å². The Hall–Kier alpha value is -3.78. The smallest absolute Gasteiger partial charge is 0.282 e. The second-order valence-corrected chi connectivity index (χ2v) is 8.28. The van der Waals surface area contributed by atoms with Crippen molar-refractivity contribution in [3.05, 3.63) is 69.5 Å². The lowest BCUT2D eigenvalue weighted by Crippen LogP contribution is -2.38. The molecule has 0 spiro atoms. The number of halogens is 1. The summed E-state index contributed by atoms with van der Waals surface area (Å²) in [7, 11) is 1.50. The summed E-state index contributed by atoms with van der Waals surface area (Å²) in [6.07, 6.45) is 3.11. The fraction of sp³-hybridized carbons (Fsp3) is 0.240. The third-order valence-electron chi connectivity index (χ3n) is 5.04. The van der Waals surface area contributed by atoms with Gasteiger partial charge in [0.05, 0.1) is 17.7 Å². The van der Waals surface area contributed by atoms with E-state index in [9.17, 15) is 4.79 Å². The highest BCUT2D eigenvalue weighted by Gasteiger charge is 2.34. The summed E-state index contributed by atoms with van der Waals surface area (Å²) >= 11 is 6.46. The van der Waals surface area contributed by atoms with Crippen molar-refractivity contribution in [3.63, 3.8) is 0 Å². The van der Waals surface area contributed by atoms with Gasteiger partial charge in [0.25, 0.3) is 5.91 Å². The molecule has 4 rings (SSSR count). The molecular weight excluding hydrogens is 458 g/mol. The van der Waals surface area contributed by atoms with Crippen molar-refractivity contribution in [2.45, 2.75) is 20.8 Å². The normalized spacial score (nSPS) is 16.1. The predicted molar refractivity (Wildman–Crippen MR) is 130 cm³/mol. The van der Waals surface area contributed by atoms with E-state index in [1.807, 2.05) is 26.0 Å². The van der Waals surface area contributed by atoms with E-state index in [1.54, 1.807) is 25.1 Å². The summed E-state index contributed by atoms with van der Waals surface area (Å²) < 4.78 is 17.1. The largest absolute Gasteiger partial charge is 0.493 e. The first-order chi connectivity index (χ1) is 16.2. The lowest BCUT2D eigenvalue weighted by atomic mass is 10.1. The number of carbonyl (C=O) groups is 1. The number of aliphatic imine (C=N–C) groups is 1. The molecule has 0 radical (unpaired) electrons. The van der Waals surface area contributed by atoms with Crippen LogP contribution in [0.4, 0.5) is 0 Å². The van der Waals surface area contributed by atoms with Crippen LogP contribution >= 0.6 is 11.6 Å². The molecule has 9 heteroatoms. The van der Waals surface area contributed by atoms with Crippen LogP contribution in [0.2, 0.25) is 5.02 Å². The van der Waals surface area contributed by atoms with Crippen molar-refractivity contribution in [1.29, 1.82) is 5.41 Å². The number of aryl methyl sites for hydroxylation is 2. The third-order valence-corrected chi connectivity index (χ3v) is 5.32. The molecule has 1 N–H and O–H groups in total. The summed E-state index contributed by atoms with van der Waals surface area (Å²) in [5, 5.41) is 9.84. The molecule has 2 heterocycles. The molecule has 176 valence electrons. The number of rotatable bonds is 7. The monoisotopic (exact) mass is 481 g/mol. The number of hydrogen-bond donors (Lipinski definition) is 1. The number of methoxy groups -OCH3 is 1. The molecule has 2 aliphatic rings. The molecule has 8 nitrogen and oxygen atoms in total. The maximum atomic E-state index is 12.5. The molecule has 0 aromatic heterocycles. The van der Waals surface area contributed by atoms with Gasteiger partial charge in [-0.25, -0.2) is 0 Å². The summed E-state index contributed by atoms with van der Waals surface area (Å²) in [5.41, 5.74) is 2.87. The number of amides is 1. The fourth-order valence-electron chi connectivity index (χ4n) is 3.65. The molecule has 34 heavy (non-hydrogen) atoms. The molecule has 0 aliphatic carbocycles. The molecule has 0 atom stereocenters. The van der Waals surface area contributed by atoms with Gasteiger partial charge in [0.1, 0.15) is 24.7 Å². The van der Waals surface area contributed by atoms with Gasteiger partial charge in [-0.3, -0.25) is 10.2 Å². The van der Waals surface area contributed by atoms with E-state index < -0.39 is 5.91 Å². The van der Waals surface area contributed by atoms with Crippen LogP contribution in [0.1, 0.15) is 23.6 Å². The highest BCUT2D eigenvalue weighted by Crippen LogP contribution is 2.37. The van der Waals surface area contributed by atoms with E-state index >= 15 is 0 Å². The van der Waals surface area contributed by atoms with Gasteiger partial charge in [0.2, 0.25) is 0 Å².